The third-order valence-electron chi connectivity index (χ3n) is 4.95. The molecule has 11 nitrogen and oxygen atoms in total. The van der Waals surface area contributed by atoms with Gasteiger partial charge in [0.05, 0.1) is 11.8 Å². The van der Waals surface area contributed by atoms with Gasteiger partial charge in [-0.2, -0.15) is 10.4 Å². The van der Waals surface area contributed by atoms with E-state index in [9.17, 15) is 10.1 Å². The van der Waals surface area contributed by atoms with Crippen LogP contribution >= 0.6 is 0 Å². The van der Waals surface area contributed by atoms with E-state index in [1.165, 1.54) is 6.33 Å². The fraction of sp³-hybridized carbons (Fsp3) is 0.579. The number of hydrogen-bond donors (Lipinski definition) is 1. The summed E-state index contributed by atoms with van der Waals surface area (Å²) >= 11 is 0. The highest BCUT2D eigenvalue weighted by atomic mass is 16.8. The number of anilines is 1. The van der Waals surface area contributed by atoms with Crippen molar-refractivity contribution < 1.29 is 28.5 Å². The van der Waals surface area contributed by atoms with E-state index in [2.05, 4.69) is 16.2 Å². The van der Waals surface area contributed by atoms with Gasteiger partial charge in [-0.15, -0.1) is 0 Å². The van der Waals surface area contributed by atoms with Crippen LogP contribution in [0.3, 0.4) is 0 Å². The number of nitrogens with two attached hydrogens (primary N) is 1. The molecule has 0 aromatic carbocycles. The Morgan fingerprint density at radius 1 is 1.37 bits per heavy atom. The smallest absolute Gasteiger partial charge is 0.432 e. The van der Waals surface area contributed by atoms with E-state index < -0.39 is 35.9 Å². The van der Waals surface area contributed by atoms with E-state index in [0.29, 0.717) is 17.0 Å². The maximum atomic E-state index is 11.9. The SMILES string of the molecule is CC(C)OC(=O)OC[C@@]1(C#N)O[C@@H](c2ccc3c(N)ncnn23)C2OC(C)(C)OC21. The largest absolute Gasteiger partial charge is 0.508 e. The molecule has 0 saturated carbocycles. The number of carbonyl (C=O) groups excluding carboxylic acids is 1. The molecule has 2 saturated heterocycles. The van der Waals surface area contributed by atoms with Crippen molar-refractivity contribution in [3.8, 4) is 6.07 Å². The zero-order chi connectivity index (χ0) is 21.7. The Morgan fingerprint density at radius 2 is 2.13 bits per heavy atom. The van der Waals surface area contributed by atoms with Gasteiger partial charge in [0.1, 0.15) is 42.8 Å². The van der Waals surface area contributed by atoms with E-state index in [4.69, 9.17) is 29.4 Å². The first-order chi connectivity index (χ1) is 14.2. The van der Waals surface area contributed by atoms with Crippen LogP contribution in [0.15, 0.2) is 18.5 Å². The van der Waals surface area contributed by atoms with Gasteiger partial charge < -0.3 is 29.4 Å². The van der Waals surface area contributed by atoms with Crippen molar-refractivity contribution in [3.05, 3.63) is 24.2 Å². The van der Waals surface area contributed by atoms with Crippen molar-refractivity contribution in [1.82, 2.24) is 14.6 Å². The van der Waals surface area contributed by atoms with E-state index >= 15 is 0 Å². The van der Waals surface area contributed by atoms with Gasteiger partial charge in [0.15, 0.2) is 11.6 Å². The molecule has 2 unspecified atom stereocenters. The molecular formula is C19H23N5O6. The van der Waals surface area contributed by atoms with Crippen LogP contribution < -0.4 is 5.73 Å². The predicted octanol–water partition coefficient (Wildman–Crippen LogP) is 1.73. The molecule has 30 heavy (non-hydrogen) atoms. The molecule has 0 amide bonds. The van der Waals surface area contributed by atoms with Crippen LogP contribution in [-0.2, 0) is 23.7 Å². The zero-order valence-corrected chi connectivity index (χ0v) is 17.1. The normalized spacial score (nSPS) is 29.7. The summed E-state index contributed by atoms with van der Waals surface area (Å²) in [6.45, 7) is 6.50. The summed E-state index contributed by atoms with van der Waals surface area (Å²) in [4.78, 5) is 15.9. The molecule has 2 N–H and O–H groups in total. The van der Waals surface area contributed by atoms with Crippen molar-refractivity contribution in [3.63, 3.8) is 0 Å². The molecule has 0 radical (unpaired) electrons. The fourth-order valence-corrected chi connectivity index (χ4v) is 3.78. The second-order valence-electron chi connectivity index (χ2n) is 7.97. The number of nitriles is 1. The highest BCUT2D eigenvalue weighted by Gasteiger charge is 2.65. The quantitative estimate of drug-likeness (QED) is 0.730. The first-order valence-corrected chi connectivity index (χ1v) is 9.52. The summed E-state index contributed by atoms with van der Waals surface area (Å²) in [6, 6.07) is 5.65. The zero-order valence-electron chi connectivity index (χ0n) is 17.1. The number of hydrogen-bond acceptors (Lipinski definition) is 10. The summed E-state index contributed by atoms with van der Waals surface area (Å²) in [5, 5.41) is 14.2. The number of nitrogens with zero attached hydrogens (tertiary/aromatic N) is 4. The Balaban J connectivity index is 1.68. The lowest BCUT2D eigenvalue weighted by atomic mass is 9.96. The van der Waals surface area contributed by atoms with Gasteiger partial charge >= 0.3 is 6.16 Å². The molecule has 0 spiro atoms. The Morgan fingerprint density at radius 3 is 2.83 bits per heavy atom. The number of nitrogen functional groups attached to an aromatic ring is 1. The van der Waals surface area contributed by atoms with Gasteiger partial charge in [0, 0.05) is 0 Å². The molecule has 11 heteroatoms. The van der Waals surface area contributed by atoms with Crippen LogP contribution in [0.25, 0.3) is 5.52 Å². The Hall–Kier alpha value is -2.94. The van der Waals surface area contributed by atoms with Crippen molar-refractivity contribution >= 4 is 17.5 Å². The maximum absolute atomic E-state index is 11.9. The lowest BCUT2D eigenvalue weighted by molar-refractivity contribution is -0.205. The average molecular weight is 417 g/mol. The number of carbonyl (C=O) groups is 1. The van der Waals surface area contributed by atoms with Gasteiger partial charge in [-0.1, -0.05) is 0 Å². The monoisotopic (exact) mass is 417 g/mol. The summed E-state index contributed by atoms with van der Waals surface area (Å²) in [7, 11) is 0. The van der Waals surface area contributed by atoms with Crippen LogP contribution in [0.4, 0.5) is 10.6 Å². The minimum atomic E-state index is -1.60. The Kier molecular flexibility index (Phi) is 4.80. The third-order valence-corrected chi connectivity index (χ3v) is 4.95. The molecule has 2 fully saturated rings. The summed E-state index contributed by atoms with van der Waals surface area (Å²) in [6.07, 6.45) is -2.09. The van der Waals surface area contributed by atoms with Crippen LogP contribution in [0.1, 0.15) is 39.5 Å². The Bertz CT molecular complexity index is 1010. The highest BCUT2D eigenvalue weighted by Crippen LogP contribution is 2.50. The second-order valence-corrected chi connectivity index (χ2v) is 7.97. The summed E-state index contributed by atoms with van der Waals surface area (Å²) in [5.41, 5.74) is 5.53. The lowest BCUT2D eigenvalue weighted by Crippen LogP contribution is -2.46. The molecule has 4 heterocycles. The standard InChI is InChI=1S/C19H23N5O6/c1-10(2)27-17(25)26-8-19(7-20)15-14(28-18(3,4)30-15)13(29-19)11-5-6-12-16(21)22-9-23-24(11)12/h5-6,9-10,13-15H,8H2,1-4H3,(H2,21,22,23)/t13-,14?,15?,19+/m0/s1. The van der Waals surface area contributed by atoms with Gasteiger partial charge in [-0.25, -0.2) is 14.3 Å². The van der Waals surface area contributed by atoms with Crippen molar-refractivity contribution in [2.45, 2.75) is 63.5 Å². The van der Waals surface area contributed by atoms with Crippen molar-refractivity contribution in [2.24, 2.45) is 0 Å². The summed E-state index contributed by atoms with van der Waals surface area (Å²) < 4.78 is 29.9. The van der Waals surface area contributed by atoms with Crippen LogP contribution in [0.5, 0.6) is 0 Å². The van der Waals surface area contributed by atoms with Crippen molar-refractivity contribution in [2.75, 3.05) is 12.3 Å². The molecule has 2 aliphatic rings. The predicted molar refractivity (Wildman–Crippen MR) is 101 cm³/mol. The van der Waals surface area contributed by atoms with E-state index in [1.54, 1.807) is 44.3 Å². The molecule has 2 aromatic heterocycles. The number of rotatable bonds is 4. The van der Waals surface area contributed by atoms with Gasteiger partial charge in [-0.05, 0) is 39.8 Å². The first kappa shape index (κ1) is 20.3. The number of aromatic nitrogens is 3. The number of ether oxygens (including phenoxy) is 5. The summed E-state index contributed by atoms with van der Waals surface area (Å²) in [5.74, 6) is -0.653. The van der Waals surface area contributed by atoms with E-state index in [-0.39, 0.29) is 12.7 Å². The molecule has 4 atom stereocenters. The topological polar surface area (TPSA) is 143 Å². The van der Waals surface area contributed by atoms with Crippen LogP contribution in [0, 0.1) is 11.3 Å². The van der Waals surface area contributed by atoms with Crippen LogP contribution in [-0.4, -0.2) is 57.1 Å². The highest BCUT2D eigenvalue weighted by molar-refractivity contribution is 5.65. The van der Waals surface area contributed by atoms with Crippen molar-refractivity contribution in [1.29, 1.82) is 5.26 Å². The average Bonchev–Trinajstić information content (AvgIpc) is 3.31. The fourth-order valence-electron chi connectivity index (χ4n) is 3.78. The number of fused-ring (bicyclic) bond motifs is 2. The van der Waals surface area contributed by atoms with Gasteiger partial charge in [0.25, 0.3) is 0 Å². The minimum Gasteiger partial charge on any atom is -0.432 e. The lowest BCUT2D eigenvalue weighted by Gasteiger charge is -2.28. The van der Waals surface area contributed by atoms with E-state index in [1.807, 2.05) is 0 Å². The van der Waals surface area contributed by atoms with Gasteiger partial charge in [0.2, 0.25) is 5.60 Å². The molecule has 2 aliphatic heterocycles. The molecule has 2 aromatic rings. The molecule has 0 aliphatic carbocycles. The van der Waals surface area contributed by atoms with E-state index in [0.717, 1.165) is 0 Å². The van der Waals surface area contributed by atoms with Gasteiger partial charge in [-0.3, -0.25) is 0 Å². The minimum absolute atomic E-state index is 0.307. The third kappa shape index (κ3) is 3.32. The first-order valence-electron chi connectivity index (χ1n) is 9.52. The molecular weight excluding hydrogens is 394 g/mol. The Labute approximate surface area is 172 Å². The maximum Gasteiger partial charge on any atom is 0.508 e. The second kappa shape index (κ2) is 7.09. The molecule has 0 bridgehead atoms. The molecule has 160 valence electrons. The molecule has 4 rings (SSSR count). The van der Waals surface area contributed by atoms with Crippen LogP contribution in [0.2, 0.25) is 0 Å².